The summed E-state index contributed by atoms with van der Waals surface area (Å²) in [5.41, 5.74) is 1.85. The van der Waals surface area contributed by atoms with E-state index in [1.54, 1.807) is 22.8 Å². The number of rotatable bonds is 2. The SMILES string of the molecule is C#Cc1ccc(-n2c(C(C)C)nc3c(I)c(O)ccc3c2=O)cc1. The minimum atomic E-state index is -0.157. The predicted octanol–water partition coefficient (Wildman–Crippen LogP) is 3.80. The number of aromatic hydroxyl groups is 1. The average molecular weight is 430 g/mol. The molecule has 0 bridgehead atoms. The third-order valence-corrected chi connectivity index (χ3v) is 4.86. The Morgan fingerprint density at radius 3 is 2.46 bits per heavy atom. The van der Waals surface area contributed by atoms with Gasteiger partial charge >= 0.3 is 0 Å². The molecule has 120 valence electrons. The van der Waals surface area contributed by atoms with Crippen LogP contribution in [0.15, 0.2) is 41.2 Å². The van der Waals surface area contributed by atoms with Crippen LogP contribution in [-0.4, -0.2) is 14.7 Å². The molecular weight excluding hydrogens is 415 g/mol. The zero-order chi connectivity index (χ0) is 17.4. The van der Waals surface area contributed by atoms with Crippen molar-refractivity contribution in [3.05, 3.63) is 61.7 Å². The van der Waals surface area contributed by atoms with E-state index < -0.39 is 0 Å². The van der Waals surface area contributed by atoms with Gasteiger partial charge in [-0.3, -0.25) is 9.36 Å². The molecule has 2 aromatic carbocycles. The molecule has 24 heavy (non-hydrogen) atoms. The molecule has 0 saturated heterocycles. The molecule has 0 amide bonds. The maximum absolute atomic E-state index is 13.1. The Kier molecular flexibility index (Phi) is 4.33. The predicted molar refractivity (Wildman–Crippen MR) is 104 cm³/mol. The van der Waals surface area contributed by atoms with Gasteiger partial charge in [-0.15, -0.1) is 6.42 Å². The maximum Gasteiger partial charge on any atom is 0.266 e. The van der Waals surface area contributed by atoms with Crippen LogP contribution in [0.4, 0.5) is 0 Å². The van der Waals surface area contributed by atoms with Crippen LogP contribution in [0.2, 0.25) is 0 Å². The van der Waals surface area contributed by atoms with Crippen molar-refractivity contribution < 1.29 is 5.11 Å². The second kappa shape index (κ2) is 6.29. The first kappa shape index (κ1) is 16.5. The summed E-state index contributed by atoms with van der Waals surface area (Å²) in [5.74, 6) is 3.37. The zero-order valence-corrected chi connectivity index (χ0v) is 15.4. The van der Waals surface area contributed by atoms with Crippen LogP contribution in [0.1, 0.15) is 31.2 Å². The van der Waals surface area contributed by atoms with Gasteiger partial charge in [-0.25, -0.2) is 4.98 Å². The van der Waals surface area contributed by atoms with Gasteiger partial charge in [0.2, 0.25) is 0 Å². The fraction of sp³-hybridized carbons (Fsp3) is 0.158. The first-order valence-corrected chi connectivity index (χ1v) is 8.53. The normalized spacial score (nSPS) is 11.0. The van der Waals surface area contributed by atoms with Crippen molar-refractivity contribution in [2.75, 3.05) is 0 Å². The lowest BCUT2D eigenvalue weighted by molar-refractivity contribution is 0.472. The molecule has 0 saturated carbocycles. The van der Waals surface area contributed by atoms with Crippen LogP contribution < -0.4 is 5.56 Å². The van der Waals surface area contributed by atoms with E-state index in [0.717, 1.165) is 11.3 Å². The highest BCUT2D eigenvalue weighted by Crippen LogP contribution is 2.27. The number of hydrogen-bond donors (Lipinski definition) is 1. The Balaban J connectivity index is 2.40. The van der Waals surface area contributed by atoms with Crippen molar-refractivity contribution in [3.8, 4) is 23.8 Å². The third-order valence-electron chi connectivity index (χ3n) is 3.79. The molecular formula is C19H15IN2O2. The summed E-state index contributed by atoms with van der Waals surface area (Å²) < 4.78 is 2.19. The molecule has 5 heteroatoms. The summed E-state index contributed by atoms with van der Waals surface area (Å²) >= 11 is 2.01. The van der Waals surface area contributed by atoms with Crippen LogP contribution in [-0.2, 0) is 0 Å². The molecule has 3 aromatic rings. The van der Waals surface area contributed by atoms with Crippen LogP contribution in [0, 0.1) is 15.9 Å². The highest BCUT2D eigenvalue weighted by atomic mass is 127. The lowest BCUT2D eigenvalue weighted by atomic mass is 10.1. The number of fused-ring (bicyclic) bond motifs is 1. The van der Waals surface area contributed by atoms with Crippen LogP contribution in [0.5, 0.6) is 5.75 Å². The van der Waals surface area contributed by atoms with E-state index in [1.807, 2.05) is 48.6 Å². The molecule has 0 aliphatic rings. The number of aromatic nitrogens is 2. The molecule has 0 radical (unpaired) electrons. The fourth-order valence-corrected chi connectivity index (χ4v) is 3.16. The lowest BCUT2D eigenvalue weighted by Crippen LogP contribution is -2.25. The molecule has 1 heterocycles. The van der Waals surface area contributed by atoms with E-state index in [-0.39, 0.29) is 17.2 Å². The molecule has 4 nitrogen and oxygen atoms in total. The smallest absolute Gasteiger partial charge is 0.266 e. The van der Waals surface area contributed by atoms with Crippen molar-refractivity contribution in [2.45, 2.75) is 19.8 Å². The minimum Gasteiger partial charge on any atom is -0.507 e. The van der Waals surface area contributed by atoms with Crippen LogP contribution in [0.25, 0.3) is 16.6 Å². The number of terminal acetylenes is 1. The Morgan fingerprint density at radius 2 is 1.88 bits per heavy atom. The summed E-state index contributed by atoms with van der Waals surface area (Å²) in [5, 5.41) is 10.4. The van der Waals surface area contributed by atoms with Gasteiger partial charge in [0.1, 0.15) is 11.6 Å². The molecule has 0 aliphatic heterocycles. The van der Waals surface area contributed by atoms with Crippen molar-refractivity contribution >= 4 is 33.5 Å². The minimum absolute atomic E-state index is 0.0348. The van der Waals surface area contributed by atoms with Crippen molar-refractivity contribution in [2.24, 2.45) is 0 Å². The van der Waals surface area contributed by atoms with E-state index in [2.05, 4.69) is 10.9 Å². The Bertz CT molecular complexity index is 1030. The number of phenols is 1. The summed E-state index contributed by atoms with van der Waals surface area (Å²) in [7, 11) is 0. The van der Waals surface area contributed by atoms with Gasteiger partial charge < -0.3 is 5.11 Å². The molecule has 0 aliphatic carbocycles. The summed E-state index contributed by atoms with van der Waals surface area (Å²) in [4.78, 5) is 17.7. The summed E-state index contributed by atoms with van der Waals surface area (Å²) in [6.07, 6.45) is 5.40. The fourth-order valence-electron chi connectivity index (χ4n) is 2.57. The quantitative estimate of drug-likeness (QED) is 0.497. The third kappa shape index (κ3) is 2.67. The highest BCUT2D eigenvalue weighted by Gasteiger charge is 2.17. The first-order chi connectivity index (χ1) is 11.4. The number of nitrogens with zero attached hydrogens (tertiary/aromatic N) is 2. The number of hydrogen-bond acceptors (Lipinski definition) is 3. The zero-order valence-electron chi connectivity index (χ0n) is 13.2. The Labute approximate surface area is 153 Å². The molecule has 0 unspecified atom stereocenters. The van der Waals surface area contributed by atoms with Gasteiger partial charge in [-0.1, -0.05) is 19.8 Å². The molecule has 0 spiro atoms. The number of halogens is 1. The Morgan fingerprint density at radius 1 is 1.21 bits per heavy atom. The van der Waals surface area contributed by atoms with Gasteiger partial charge in [-0.05, 0) is 59.0 Å². The van der Waals surface area contributed by atoms with Crippen molar-refractivity contribution in [1.82, 2.24) is 9.55 Å². The largest absolute Gasteiger partial charge is 0.507 e. The van der Waals surface area contributed by atoms with Gasteiger partial charge in [0.15, 0.2) is 0 Å². The van der Waals surface area contributed by atoms with Gasteiger partial charge in [-0.2, -0.15) is 0 Å². The molecule has 0 atom stereocenters. The van der Waals surface area contributed by atoms with Crippen LogP contribution >= 0.6 is 22.6 Å². The van der Waals surface area contributed by atoms with Gasteiger partial charge in [0.25, 0.3) is 5.56 Å². The van der Waals surface area contributed by atoms with E-state index in [4.69, 9.17) is 6.42 Å². The lowest BCUT2D eigenvalue weighted by Gasteiger charge is -2.16. The highest BCUT2D eigenvalue weighted by molar-refractivity contribution is 14.1. The number of phenolic OH excluding ortho intramolecular Hbond substituents is 1. The Hall–Kier alpha value is -2.33. The number of benzene rings is 2. The second-order valence-electron chi connectivity index (χ2n) is 5.75. The summed E-state index contributed by atoms with van der Waals surface area (Å²) in [6, 6.07) is 10.4. The second-order valence-corrected chi connectivity index (χ2v) is 6.83. The summed E-state index contributed by atoms with van der Waals surface area (Å²) in [6.45, 7) is 3.96. The topological polar surface area (TPSA) is 55.1 Å². The molecule has 1 N–H and O–H groups in total. The van der Waals surface area contributed by atoms with Crippen LogP contribution in [0.3, 0.4) is 0 Å². The van der Waals surface area contributed by atoms with Gasteiger partial charge in [0.05, 0.1) is 20.2 Å². The molecule has 1 aromatic heterocycles. The molecule has 3 rings (SSSR count). The maximum atomic E-state index is 13.1. The monoisotopic (exact) mass is 430 g/mol. The van der Waals surface area contributed by atoms with E-state index >= 15 is 0 Å². The first-order valence-electron chi connectivity index (χ1n) is 7.45. The van der Waals surface area contributed by atoms with Crippen molar-refractivity contribution in [3.63, 3.8) is 0 Å². The molecule has 0 fully saturated rings. The average Bonchev–Trinajstić information content (AvgIpc) is 2.58. The van der Waals surface area contributed by atoms with E-state index in [0.29, 0.717) is 20.3 Å². The van der Waals surface area contributed by atoms with E-state index in [9.17, 15) is 9.90 Å². The van der Waals surface area contributed by atoms with E-state index in [1.165, 1.54) is 6.07 Å². The standard InChI is InChI=1S/C19H15IN2O2/c1-4-12-5-7-13(8-6-12)22-18(11(2)3)21-17-14(19(22)24)9-10-15(23)16(17)20/h1,5-11,23H,2-3H3. The van der Waals surface area contributed by atoms with Crippen molar-refractivity contribution in [1.29, 1.82) is 0 Å². The van der Waals surface area contributed by atoms with Gasteiger partial charge in [0, 0.05) is 11.5 Å².